The van der Waals surface area contributed by atoms with Crippen molar-refractivity contribution < 1.29 is 4.79 Å². The van der Waals surface area contributed by atoms with E-state index in [4.69, 9.17) is 11.5 Å². The zero-order valence-electron chi connectivity index (χ0n) is 9.18. The molecule has 0 unspecified atom stereocenters. The van der Waals surface area contributed by atoms with Crippen molar-refractivity contribution in [3.63, 3.8) is 0 Å². The van der Waals surface area contributed by atoms with Crippen molar-refractivity contribution in [3.8, 4) is 0 Å². The number of hydrogen-bond donors (Lipinski definition) is 3. The molecule has 0 saturated carbocycles. The van der Waals surface area contributed by atoms with Gasteiger partial charge in [0.1, 0.15) is 0 Å². The third-order valence-electron chi connectivity index (χ3n) is 2.37. The molecule has 0 aliphatic rings. The Morgan fingerprint density at radius 1 is 0.882 bits per heavy atom. The van der Waals surface area contributed by atoms with Gasteiger partial charge in [0.2, 0.25) is 5.91 Å². The highest BCUT2D eigenvalue weighted by molar-refractivity contribution is 5.93. The fraction of sp³-hybridized carbons (Fsp3) is 0. The highest BCUT2D eigenvalue weighted by Crippen LogP contribution is 2.18. The number of rotatable bonds is 3. The molecule has 4 nitrogen and oxygen atoms in total. The SMILES string of the molecule is NC(=O)c1ccc(Nc2ccc(N)cc2)cc1. The molecule has 0 atom stereocenters. The van der Waals surface area contributed by atoms with Crippen molar-refractivity contribution in [2.75, 3.05) is 11.1 Å². The van der Waals surface area contributed by atoms with Crippen molar-refractivity contribution in [1.82, 2.24) is 0 Å². The van der Waals surface area contributed by atoms with Crippen molar-refractivity contribution in [2.45, 2.75) is 0 Å². The minimum atomic E-state index is -0.427. The number of anilines is 3. The second kappa shape index (κ2) is 4.57. The Labute approximate surface area is 99.2 Å². The molecule has 0 bridgehead atoms. The summed E-state index contributed by atoms with van der Waals surface area (Å²) in [5, 5.41) is 3.19. The maximum atomic E-state index is 10.9. The van der Waals surface area contributed by atoms with Gasteiger partial charge >= 0.3 is 0 Å². The first kappa shape index (κ1) is 11.0. The molecule has 0 spiro atoms. The van der Waals surface area contributed by atoms with E-state index in [9.17, 15) is 4.79 Å². The quantitative estimate of drug-likeness (QED) is 0.702. The van der Waals surface area contributed by atoms with Crippen molar-refractivity contribution in [3.05, 3.63) is 54.1 Å². The number of carbonyl (C=O) groups excluding carboxylic acids is 1. The molecule has 1 amide bonds. The Morgan fingerprint density at radius 3 is 1.82 bits per heavy atom. The second-order valence-corrected chi connectivity index (χ2v) is 3.69. The van der Waals surface area contributed by atoms with Gasteiger partial charge in [-0.25, -0.2) is 0 Å². The maximum absolute atomic E-state index is 10.9. The summed E-state index contributed by atoms with van der Waals surface area (Å²) in [5.41, 5.74) is 13.8. The van der Waals surface area contributed by atoms with Crippen LogP contribution in [-0.4, -0.2) is 5.91 Å². The van der Waals surface area contributed by atoms with Gasteiger partial charge in [-0.3, -0.25) is 4.79 Å². The van der Waals surface area contributed by atoms with Gasteiger partial charge in [0.25, 0.3) is 0 Å². The number of benzene rings is 2. The van der Waals surface area contributed by atoms with Gasteiger partial charge in [-0.1, -0.05) is 0 Å². The lowest BCUT2D eigenvalue weighted by molar-refractivity contribution is 0.100. The fourth-order valence-corrected chi connectivity index (χ4v) is 1.45. The summed E-state index contributed by atoms with van der Waals surface area (Å²) in [6.07, 6.45) is 0. The first-order valence-electron chi connectivity index (χ1n) is 5.17. The summed E-state index contributed by atoms with van der Waals surface area (Å²) in [6.45, 7) is 0. The Bertz CT molecular complexity index is 517. The first-order chi connectivity index (χ1) is 8.15. The normalized spacial score (nSPS) is 9.88. The third-order valence-corrected chi connectivity index (χ3v) is 2.37. The van der Waals surface area contributed by atoms with Crippen LogP contribution in [0.25, 0.3) is 0 Å². The lowest BCUT2D eigenvalue weighted by Gasteiger charge is -2.06. The molecule has 2 aromatic carbocycles. The molecule has 2 rings (SSSR count). The predicted molar refractivity (Wildman–Crippen MR) is 69.1 cm³/mol. The van der Waals surface area contributed by atoms with E-state index in [1.807, 2.05) is 24.3 Å². The molecule has 2 aromatic rings. The number of primary amides is 1. The standard InChI is InChI=1S/C13H13N3O/c14-10-3-7-12(8-4-10)16-11-5-1-9(2-6-11)13(15)17/h1-8,16H,14H2,(H2,15,17). The minimum absolute atomic E-state index is 0.427. The van der Waals surface area contributed by atoms with E-state index in [-0.39, 0.29) is 0 Å². The fourth-order valence-electron chi connectivity index (χ4n) is 1.45. The summed E-state index contributed by atoms with van der Waals surface area (Å²) in [5.74, 6) is -0.427. The van der Waals surface area contributed by atoms with E-state index in [2.05, 4.69) is 5.32 Å². The van der Waals surface area contributed by atoms with Gasteiger partial charge in [0.15, 0.2) is 0 Å². The summed E-state index contributed by atoms with van der Waals surface area (Å²) in [4.78, 5) is 10.9. The summed E-state index contributed by atoms with van der Waals surface area (Å²) in [7, 11) is 0. The van der Waals surface area contributed by atoms with Crippen LogP contribution >= 0.6 is 0 Å². The van der Waals surface area contributed by atoms with Gasteiger partial charge in [-0.05, 0) is 48.5 Å². The molecule has 0 saturated heterocycles. The highest BCUT2D eigenvalue weighted by Gasteiger charge is 1.99. The van der Waals surface area contributed by atoms with E-state index in [1.54, 1.807) is 24.3 Å². The molecule has 0 aliphatic carbocycles. The Hall–Kier alpha value is -2.49. The topological polar surface area (TPSA) is 81.1 Å². The maximum Gasteiger partial charge on any atom is 0.248 e. The molecule has 0 fully saturated rings. The van der Waals surface area contributed by atoms with Crippen molar-refractivity contribution in [2.24, 2.45) is 5.73 Å². The van der Waals surface area contributed by atoms with E-state index in [1.165, 1.54) is 0 Å². The molecule has 0 radical (unpaired) electrons. The van der Waals surface area contributed by atoms with Gasteiger partial charge in [0, 0.05) is 22.6 Å². The summed E-state index contributed by atoms with van der Waals surface area (Å²) >= 11 is 0. The van der Waals surface area contributed by atoms with E-state index in [0.717, 1.165) is 17.1 Å². The van der Waals surface area contributed by atoms with Crippen LogP contribution in [0, 0.1) is 0 Å². The molecule has 0 aromatic heterocycles. The van der Waals surface area contributed by atoms with E-state index >= 15 is 0 Å². The van der Waals surface area contributed by atoms with E-state index in [0.29, 0.717) is 5.56 Å². The Morgan fingerprint density at radius 2 is 1.35 bits per heavy atom. The number of nitrogens with one attached hydrogen (secondary N) is 1. The lowest BCUT2D eigenvalue weighted by Crippen LogP contribution is -2.10. The van der Waals surface area contributed by atoms with E-state index < -0.39 is 5.91 Å². The monoisotopic (exact) mass is 227 g/mol. The number of carbonyl (C=O) groups is 1. The molecule has 5 N–H and O–H groups in total. The van der Waals surface area contributed by atoms with Gasteiger partial charge in [-0.15, -0.1) is 0 Å². The van der Waals surface area contributed by atoms with Gasteiger partial charge < -0.3 is 16.8 Å². The van der Waals surface area contributed by atoms with Crippen LogP contribution in [0.5, 0.6) is 0 Å². The summed E-state index contributed by atoms with van der Waals surface area (Å²) in [6, 6.07) is 14.4. The molecule has 17 heavy (non-hydrogen) atoms. The van der Waals surface area contributed by atoms with Crippen molar-refractivity contribution in [1.29, 1.82) is 0 Å². The van der Waals surface area contributed by atoms with Crippen LogP contribution in [0.15, 0.2) is 48.5 Å². The van der Waals surface area contributed by atoms with Crippen LogP contribution in [0.3, 0.4) is 0 Å². The number of nitrogens with two attached hydrogens (primary N) is 2. The largest absolute Gasteiger partial charge is 0.399 e. The zero-order chi connectivity index (χ0) is 12.3. The number of amides is 1. The molecular formula is C13H13N3O. The summed E-state index contributed by atoms with van der Waals surface area (Å²) < 4.78 is 0. The Kier molecular flexibility index (Phi) is 2.96. The van der Waals surface area contributed by atoms with Crippen LogP contribution in [-0.2, 0) is 0 Å². The smallest absolute Gasteiger partial charge is 0.248 e. The molecular weight excluding hydrogens is 214 g/mol. The second-order valence-electron chi connectivity index (χ2n) is 3.69. The van der Waals surface area contributed by atoms with Crippen molar-refractivity contribution >= 4 is 23.0 Å². The number of nitrogen functional groups attached to an aromatic ring is 1. The lowest BCUT2D eigenvalue weighted by atomic mass is 10.2. The van der Waals surface area contributed by atoms with Gasteiger partial charge in [0.05, 0.1) is 0 Å². The molecule has 0 heterocycles. The molecule has 0 aliphatic heterocycles. The number of hydrogen-bond acceptors (Lipinski definition) is 3. The third kappa shape index (κ3) is 2.75. The first-order valence-corrected chi connectivity index (χ1v) is 5.17. The average molecular weight is 227 g/mol. The zero-order valence-corrected chi connectivity index (χ0v) is 9.18. The van der Waals surface area contributed by atoms with Crippen LogP contribution in [0.2, 0.25) is 0 Å². The molecule has 4 heteroatoms. The van der Waals surface area contributed by atoms with Gasteiger partial charge in [-0.2, -0.15) is 0 Å². The minimum Gasteiger partial charge on any atom is -0.399 e. The Balaban J connectivity index is 2.13. The average Bonchev–Trinajstić information content (AvgIpc) is 2.33. The molecule has 86 valence electrons. The highest BCUT2D eigenvalue weighted by atomic mass is 16.1. The van der Waals surface area contributed by atoms with Crippen LogP contribution in [0.4, 0.5) is 17.1 Å². The van der Waals surface area contributed by atoms with Crippen LogP contribution in [0.1, 0.15) is 10.4 Å². The van der Waals surface area contributed by atoms with Crippen LogP contribution < -0.4 is 16.8 Å². The predicted octanol–water partition coefficient (Wildman–Crippen LogP) is 2.11.